The van der Waals surface area contributed by atoms with Crippen LogP contribution in [0, 0.1) is 0 Å². The second-order valence-electron chi connectivity index (χ2n) is 3.95. The third-order valence-electron chi connectivity index (χ3n) is 2.85. The van der Waals surface area contributed by atoms with Crippen LogP contribution in [0.25, 0.3) is 0 Å². The molecule has 3 nitrogen and oxygen atoms in total. The number of nitrogens with two attached hydrogens (primary N) is 1. The molecule has 1 unspecified atom stereocenters. The summed E-state index contributed by atoms with van der Waals surface area (Å²) in [4.78, 5) is 0. The van der Waals surface area contributed by atoms with E-state index in [1.54, 1.807) is 12.1 Å². The first-order chi connectivity index (χ1) is 7.57. The molecule has 1 aliphatic rings. The highest BCUT2D eigenvalue weighted by Gasteiger charge is 2.33. The molecule has 3 N–H and O–H groups in total. The molecule has 0 aromatic heterocycles. The van der Waals surface area contributed by atoms with Gasteiger partial charge in [-0.1, -0.05) is 23.2 Å². The SMILES string of the molecule is NCC1(O)CCCOc2cc(Cl)c(Cl)cc21. The highest BCUT2D eigenvalue weighted by Crippen LogP contribution is 2.40. The van der Waals surface area contributed by atoms with Crippen molar-refractivity contribution in [2.75, 3.05) is 13.2 Å². The molecule has 88 valence electrons. The molecule has 1 aromatic carbocycles. The van der Waals surface area contributed by atoms with Gasteiger partial charge in [0.15, 0.2) is 0 Å². The second-order valence-corrected chi connectivity index (χ2v) is 4.76. The molecule has 0 fully saturated rings. The number of aliphatic hydroxyl groups is 1. The fourth-order valence-electron chi connectivity index (χ4n) is 1.91. The molecule has 2 rings (SSSR count). The van der Waals surface area contributed by atoms with E-state index < -0.39 is 5.60 Å². The zero-order valence-electron chi connectivity index (χ0n) is 8.67. The summed E-state index contributed by atoms with van der Waals surface area (Å²) >= 11 is 11.9. The van der Waals surface area contributed by atoms with Crippen molar-refractivity contribution < 1.29 is 9.84 Å². The minimum Gasteiger partial charge on any atom is -0.493 e. The van der Waals surface area contributed by atoms with Crippen LogP contribution < -0.4 is 10.5 Å². The van der Waals surface area contributed by atoms with E-state index in [0.717, 1.165) is 6.42 Å². The van der Waals surface area contributed by atoms with Crippen molar-refractivity contribution in [2.45, 2.75) is 18.4 Å². The van der Waals surface area contributed by atoms with E-state index in [1.807, 2.05) is 0 Å². The molecular formula is C11H13Cl2NO2. The number of benzene rings is 1. The van der Waals surface area contributed by atoms with Crippen LogP contribution in [0.2, 0.25) is 10.0 Å². The van der Waals surface area contributed by atoms with Gasteiger partial charge in [-0.25, -0.2) is 0 Å². The molecular weight excluding hydrogens is 249 g/mol. The van der Waals surface area contributed by atoms with E-state index in [4.69, 9.17) is 33.7 Å². The Balaban J connectivity index is 2.57. The summed E-state index contributed by atoms with van der Waals surface area (Å²) in [6.07, 6.45) is 1.31. The molecule has 16 heavy (non-hydrogen) atoms. The number of hydrogen-bond acceptors (Lipinski definition) is 3. The summed E-state index contributed by atoms with van der Waals surface area (Å²) in [6, 6.07) is 3.27. The van der Waals surface area contributed by atoms with Crippen LogP contribution in [-0.2, 0) is 5.60 Å². The normalized spacial score (nSPS) is 24.5. The smallest absolute Gasteiger partial charge is 0.127 e. The van der Waals surface area contributed by atoms with Gasteiger partial charge in [0, 0.05) is 18.2 Å². The first-order valence-corrected chi connectivity index (χ1v) is 5.87. The average molecular weight is 262 g/mol. The fourth-order valence-corrected chi connectivity index (χ4v) is 2.22. The maximum absolute atomic E-state index is 10.4. The van der Waals surface area contributed by atoms with Gasteiger partial charge in [-0.3, -0.25) is 0 Å². The lowest BCUT2D eigenvalue weighted by molar-refractivity contribution is 0.0374. The van der Waals surface area contributed by atoms with Gasteiger partial charge >= 0.3 is 0 Å². The van der Waals surface area contributed by atoms with Crippen LogP contribution in [0.5, 0.6) is 5.75 Å². The standard InChI is InChI=1S/C11H13Cl2NO2/c12-8-4-7-10(5-9(8)13)16-3-1-2-11(7,15)6-14/h4-5,15H,1-3,6,14H2. The number of fused-ring (bicyclic) bond motifs is 1. The van der Waals surface area contributed by atoms with Crippen LogP contribution in [0.3, 0.4) is 0 Å². The van der Waals surface area contributed by atoms with Crippen molar-refractivity contribution in [1.29, 1.82) is 0 Å². The predicted molar refractivity (Wildman–Crippen MR) is 64.1 cm³/mol. The van der Waals surface area contributed by atoms with Gasteiger partial charge < -0.3 is 15.6 Å². The molecule has 1 aromatic rings. The molecule has 0 spiro atoms. The molecule has 1 heterocycles. The lowest BCUT2D eigenvalue weighted by atomic mass is 9.89. The molecule has 0 saturated carbocycles. The maximum Gasteiger partial charge on any atom is 0.127 e. The lowest BCUT2D eigenvalue weighted by Gasteiger charge is -2.26. The van der Waals surface area contributed by atoms with Crippen molar-refractivity contribution in [3.05, 3.63) is 27.7 Å². The summed E-state index contributed by atoms with van der Waals surface area (Å²) in [5.74, 6) is 0.569. The summed E-state index contributed by atoms with van der Waals surface area (Å²) in [5.41, 5.74) is 5.19. The number of rotatable bonds is 1. The highest BCUT2D eigenvalue weighted by atomic mass is 35.5. The van der Waals surface area contributed by atoms with Gasteiger partial charge in [0.05, 0.1) is 16.7 Å². The second kappa shape index (κ2) is 4.41. The van der Waals surface area contributed by atoms with E-state index in [-0.39, 0.29) is 6.54 Å². The zero-order valence-corrected chi connectivity index (χ0v) is 10.2. The van der Waals surface area contributed by atoms with E-state index in [1.165, 1.54) is 0 Å². The number of hydrogen-bond donors (Lipinski definition) is 2. The van der Waals surface area contributed by atoms with Crippen LogP contribution in [0.1, 0.15) is 18.4 Å². The average Bonchev–Trinajstić information content (AvgIpc) is 2.42. The molecule has 0 saturated heterocycles. The van der Waals surface area contributed by atoms with Crippen LogP contribution in [0.15, 0.2) is 12.1 Å². The first kappa shape index (κ1) is 12.0. The summed E-state index contributed by atoms with van der Waals surface area (Å²) in [6.45, 7) is 0.689. The van der Waals surface area contributed by atoms with Crippen molar-refractivity contribution in [2.24, 2.45) is 5.73 Å². The molecule has 0 radical (unpaired) electrons. The third-order valence-corrected chi connectivity index (χ3v) is 3.58. The van der Waals surface area contributed by atoms with Gasteiger partial charge in [-0.2, -0.15) is 0 Å². The van der Waals surface area contributed by atoms with E-state index >= 15 is 0 Å². The van der Waals surface area contributed by atoms with Crippen molar-refractivity contribution >= 4 is 23.2 Å². The lowest BCUT2D eigenvalue weighted by Crippen LogP contribution is -2.34. The van der Waals surface area contributed by atoms with Gasteiger partial charge in [0.1, 0.15) is 11.4 Å². The number of ether oxygens (including phenoxy) is 1. The summed E-state index contributed by atoms with van der Waals surface area (Å²) in [7, 11) is 0. The van der Waals surface area contributed by atoms with E-state index in [0.29, 0.717) is 34.4 Å². The molecule has 5 heteroatoms. The van der Waals surface area contributed by atoms with E-state index in [2.05, 4.69) is 0 Å². The Labute approximate surface area is 104 Å². The topological polar surface area (TPSA) is 55.5 Å². The molecule has 1 aliphatic heterocycles. The van der Waals surface area contributed by atoms with Gasteiger partial charge in [0.25, 0.3) is 0 Å². The van der Waals surface area contributed by atoms with Crippen molar-refractivity contribution in [3.8, 4) is 5.75 Å². The molecule has 0 amide bonds. The first-order valence-electron chi connectivity index (χ1n) is 5.11. The summed E-state index contributed by atoms with van der Waals surface area (Å²) in [5, 5.41) is 11.2. The summed E-state index contributed by atoms with van der Waals surface area (Å²) < 4.78 is 5.52. The van der Waals surface area contributed by atoms with Crippen LogP contribution >= 0.6 is 23.2 Å². The Morgan fingerprint density at radius 3 is 2.75 bits per heavy atom. The fraction of sp³-hybridized carbons (Fsp3) is 0.455. The van der Waals surface area contributed by atoms with Crippen LogP contribution in [0.4, 0.5) is 0 Å². The Morgan fingerprint density at radius 1 is 1.38 bits per heavy atom. The largest absolute Gasteiger partial charge is 0.493 e. The zero-order chi connectivity index (χ0) is 11.8. The Bertz CT molecular complexity index is 411. The number of halogens is 2. The molecule has 0 aliphatic carbocycles. The minimum atomic E-state index is -1.07. The Kier molecular flexibility index (Phi) is 3.31. The third kappa shape index (κ3) is 2.00. The van der Waals surface area contributed by atoms with Gasteiger partial charge in [0.2, 0.25) is 0 Å². The van der Waals surface area contributed by atoms with Crippen LogP contribution in [-0.4, -0.2) is 18.3 Å². The predicted octanol–water partition coefficient (Wildman–Crippen LogP) is 2.31. The monoisotopic (exact) mass is 261 g/mol. The van der Waals surface area contributed by atoms with Crippen molar-refractivity contribution in [3.63, 3.8) is 0 Å². The molecule has 1 atom stereocenters. The maximum atomic E-state index is 10.4. The Hall–Kier alpha value is -0.480. The quantitative estimate of drug-likeness (QED) is 0.816. The van der Waals surface area contributed by atoms with Gasteiger partial charge in [-0.15, -0.1) is 0 Å². The minimum absolute atomic E-state index is 0.140. The van der Waals surface area contributed by atoms with Crippen molar-refractivity contribution in [1.82, 2.24) is 0 Å². The highest BCUT2D eigenvalue weighted by molar-refractivity contribution is 6.42. The molecule has 0 bridgehead atoms. The van der Waals surface area contributed by atoms with Gasteiger partial charge in [-0.05, 0) is 18.9 Å². The van der Waals surface area contributed by atoms with E-state index in [9.17, 15) is 5.11 Å². The Morgan fingerprint density at radius 2 is 2.06 bits per heavy atom.